The van der Waals surface area contributed by atoms with Gasteiger partial charge in [-0.05, 0) is 38.7 Å². The molecule has 6 nitrogen and oxygen atoms in total. The molecule has 0 bridgehead atoms. The van der Waals surface area contributed by atoms with Gasteiger partial charge in [0.05, 0.1) is 18.2 Å². The zero-order valence-corrected chi connectivity index (χ0v) is 19.8. The maximum atomic E-state index is 5.35. The third-order valence-corrected chi connectivity index (χ3v) is 5.06. The zero-order valence-electron chi connectivity index (χ0n) is 16.7. The lowest BCUT2D eigenvalue weighted by Gasteiger charge is -2.26. The molecule has 1 aromatic carbocycles. The Morgan fingerprint density at radius 3 is 2.70 bits per heavy atom. The molecule has 0 spiro atoms. The van der Waals surface area contributed by atoms with E-state index in [-0.39, 0.29) is 30.0 Å². The average molecular weight is 503 g/mol. The highest BCUT2D eigenvalue weighted by Crippen LogP contribution is 2.22. The summed E-state index contributed by atoms with van der Waals surface area (Å²) in [6.45, 7) is 3.63. The molecule has 1 aromatic heterocycles. The molecule has 0 saturated carbocycles. The molecule has 2 aromatic rings. The predicted molar refractivity (Wildman–Crippen MR) is 125 cm³/mol. The minimum absolute atomic E-state index is 0. The number of aromatic nitrogens is 1. The number of likely N-dealkylation sites (N-methyl/N-ethyl adjacent to an activating group) is 1. The van der Waals surface area contributed by atoms with Gasteiger partial charge in [-0.1, -0.05) is 12.1 Å². The number of benzene rings is 1. The zero-order chi connectivity index (χ0) is 18.9. The first-order chi connectivity index (χ1) is 12.5. The summed E-state index contributed by atoms with van der Waals surface area (Å²) < 4.78 is 5.35. The second-order valence-corrected chi connectivity index (χ2v) is 7.57. The van der Waals surface area contributed by atoms with Crippen LogP contribution in [0.15, 0.2) is 35.5 Å². The van der Waals surface area contributed by atoms with Crippen molar-refractivity contribution in [1.82, 2.24) is 20.5 Å². The molecule has 0 fully saturated rings. The summed E-state index contributed by atoms with van der Waals surface area (Å²) in [4.78, 5) is 12.1. The van der Waals surface area contributed by atoms with E-state index < -0.39 is 0 Å². The first-order valence-electron chi connectivity index (χ1n) is 8.69. The Morgan fingerprint density at radius 1 is 1.33 bits per heavy atom. The minimum Gasteiger partial charge on any atom is -0.497 e. The molecule has 0 aliphatic rings. The number of nitrogens with one attached hydrogen (secondary N) is 2. The van der Waals surface area contributed by atoms with Gasteiger partial charge < -0.3 is 20.3 Å². The third-order valence-electron chi connectivity index (χ3n) is 4.09. The van der Waals surface area contributed by atoms with Crippen LogP contribution in [0.2, 0.25) is 0 Å². The molecule has 0 radical (unpaired) electrons. The number of hydrogen-bond donors (Lipinski definition) is 2. The molecule has 27 heavy (non-hydrogen) atoms. The molecule has 0 saturated heterocycles. The van der Waals surface area contributed by atoms with Gasteiger partial charge in [0.25, 0.3) is 0 Å². The summed E-state index contributed by atoms with van der Waals surface area (Å²) in [5.74, 6) is 1.67. The van der Waals surface area contributed by atoms with E-state index in [1.165, 1.54) is 10.4 Å². The van der Waals surface area contributed by atoms with E-state index in [2.05, 4.69) is 58.7 Å². The number of guanidine groups is 1. The highest BCUT2D eigenvalue weighted by Gasteiger charge is 2.15. The Balaban J connectivity index is 0.00000364. The Bertz CT molecular complexity index is 720. The van der Waals surface area contributed by atoms with Crippen LogP contribution in [0.5, 0.6) is 5.75 Å². The van der Waals surface area contributed by atoms with Gasteiger partial charge >= 0.3 is 0 Å². The van der Waals surface area contributed by atoms with Crippen LogP contribution < -0.4 is 15.4 Å². The fourth-order valence-corrected chi connectivity index (χ4v) is 3.45. The second-order valence-electron chi connectivity index (χ2n) is 6.25. The lowest BCUT2D eigenvalue weighted by molar-refractivity contribution is 0.297. The van der Waals surface area contributed by atoms with Crippen molar-refractivity contribution in [2.24, 2.45) is 4.99 Å². The molecular weight excluding hydrogens is 473 g/mol. The van der Waals surface area contributed by atoms with Crippen LogP contribution in [0.1, 0.15) is 21.5 Å². The number of aryl methyl sites for hydroxylation is 1. The van der Waals surface area contributed by atoms with Crippen molar-refractivity contribution in [3.8, 4) is 5.75 Å². The van der Waals surface area contributed by atoms with E-state index in [0.717, 1.165) is 36.2 Å². The topological polar surface area (TPSA) is 61.8 Å². The lowest BCUT2D eigenvalue weighted by atomic mass is 10.1. The smallest absolute Gasteiger partial charge is 0.191 e. The molecule has 0 aliphatic carbocycles. The molecule has 0 aliphatic heterocycles. The Kier molecular flexibility index (Phi) is 10.6. The highest BCUT2D eigenvalue weighted by atomic mass is 127. The SMILES string of the molecule is CN=C(NCCc1ncc(C)s1)NCC(c1cccc(OC)c1)N(C)C.I. The van der Waals surface area contributed by atoms with Crippen LogP contribution in [0.3, 0.4) is 0 Å². The molecule has 0 amide bonds. The van der Waals surface area contributed by atoms with E-state index in [1.54, 1.807) is 25.5 Å². The van der Waals surface area contributed by atoms with Crippen LogP contribution in [0, 0.1) is 6.92 Å². The van der Waals surface area contributed by atoms with Crippen molar-refractivity contribution < 1.29 is 4.74 Å². The van der Waals surface area contributed by atoms with Gasteiger partial charge in [-0.2, -0.15) is 0 Å². The number of thiazole rings is 1. The van der Waals surface area contributed by atoms with E-state index in [0.29, 0.717) is 0 Å². The molecular formula is C19H30IN5OS. The predicted octanol–water partition coefficient (Wildman–Crippen LogP) is 3.09. The summed E-state index contributed by atoms with van der Waals surface area (Å²) in [7, 11) is 7.64. The Hall–Kier alpha value is -1.39. The van der Waals surface area contributed by atoms with Crippen molar-refractivity contribution in [1.29, 1.82) is 0 Å². The summed E-state index contributed by atoms with van der Waals surface area (Å²) in [5.41, 5.74) is 1.20. The highest BCUT2D eigenvalue weighted by molar-refractivity contribution is 14.0. The maximum absolute atomic E-state index is 5.35. The summed E-state index contributed by atoms with van der Waals surface area (Å²) in [6.07, 6.45) is 2.81. The molecule has 1 unspecified atom stereocenters. The van der Waals surface area contributed by atoms with Crippen molar-refractivity contribution in [2.45, 2.75) is 19.4 Å². The minimum atomic E-state index is 0. The van der Waals surface area contributed by atoms with Crippen LogP contribution >= 0.6 is 35.3 Å². The van der Waals surface area contributed by atoms with Crippen molar-refractivity contribution in [2.75, 3.05) is 41.3 Å². The van der Waals surface area contributed by atoms with Gasteiger partial charge in [0.1, 0.15) is 5.75 Å². The number of rotatable bonds is 8. The van der Waals surface area contributed by atoms with Gasteiger partial charge in [0.2, 0.25) is 0 Å². The summed E-state index contributed by atoms with van der Waals surface area (Å²) in [5, 5.41) is 7.92. The van der Waals surface area contributed by atoms with Crippen LogP contribution in [0.25, 0.3) is 0 Å². The largest absolute Gasteiger partial charge is 0.497 e. The number of nitrogens with zero attached hydrogens (tertiary/aromatic N) is 3. The van der Waals surface area contributed by atoms with Crippen LogP contribution in [0.4, 0.5) is 0 Å². The van der Waals surface area contributed by atoms with E-state index in [1.807, 2.05) is 18.3 Å². The van der Waals surface area contributed by atoms with Crippen LogP contribution in [-0.4, -0.2) is 57.2 Å². The first-order valence-corrected chi connectivity index (χ1v) is 9.51. The van der Waals surface area contributed by atoms with Crippen molar-refractivity contribution in [3.05, 3.63) is 45.9 Å². The molecule has 2 N–H and O–H groups in total. The monoisotopic (exact) mass is 503 g/mol. The fourth-order valence-electron chi connectivity index (χ4n) is 2.67. The molecule has 2 rings (SSSR count). The summed E-state index contributed by atoms with van der Waals surface area (Å²) in [6, 6.07) is 8.40. The molecule has 150 valence electrons. The van der Waals surface area contributed by atoms with Gasteiger partial charge in [-0.15, -0.1) is 35.3 Å². The Labute approximate surface area is 183 Å². The average Bonchev–Trinajstić information content (AvgIpc) is 3.05. The van der Waals surface area contributed by atoms with Gasteiger partial charge in [-0.25, -0.2) is 4.98 Å². The first kappa shape index (κ1) is 23.6. The number of hydrogen-bond acceptors (Lipinski definition) is 5. The van der Waals surface area contributed by atoms with Crippen molar-refractivity contribution >= 4 is 41.3 Å². The number of ether oxygens (including phenoxy) is 1. The fraction of sp³-hybridized carbons (Fsp3) is 0.474. The van der Waals surface area contributed by atoms with Gasteiger partial charge in [0.15, 0.2) is 5.96 Å². The lowest BCUT2D eigenvalue weighted by Crippen LogP contribution is -2.42. The van der Waals surface area contributed by atoms with Crippen molar-refractivity contribution in [3.63, 3.8) is 0 Å². The van der Waals surface area contributed by atoms with E-state index in [9.17, 15) is 0 Å². The molecule has 8 heteroatoms. The van der Waals surface area contributed by atoms with Gasteiger partial charge in [0, 0.05) is 37.6 Å². The second kappa shape index (κ2) is 12.1. The van der Waals surface area contributed by atoms with Gasteiger partial charge in [-0.3, -0.25) is 4.99 Å². The number of aliphatic imine (C=N–C) groups is 1. The third kappa shape index (κ3) is 7.63. The quantitative estimate of drug-likeness (QED) is 0.330. The Morgan fingerprint density at radius 2 is 2.11 bits per heavy atom. The van der Waals surface area contributed by atoms with E-state index in [4.69, 9.17) is 4.74 Å². The number of methoxy groups -OCH3 is 1. The van der Waals surface area contributed by atoms with Crippen LogP contribution in [-0.2, 0) is 6.42 Å². The standard InChI is InChI=1S/C19H29N5OS.HI/c1-14-12-22-18(26-14)9-10-21-19(20-2)23-13-17(24(3)4)15-7-6-8-16(11-15)25-5;/h6-8,11-12,17H,9-10,13H2,1-5H3,(H2,20,21,23);1H. The summed E-state index contributed by atoms with van der Waals surface area (Å²) >= 11 is 1.74. The normalized spacial score (nSPS) is 12.4. The number of halogens is 1. The molecule has 1 heterocycles. The van der Waals surface area contributed by atoms with E-state index >= 15 is 0 Å². The molecule has 1 atom stereocenters. The maximum Gasteiger partial charge on any atom is 0.191 e.